The summed E-state index contributed by atoms with van der Waals surface area (Å²) < 4.78 is 0. The van der Waals surface area contributed by atoms with E-state index in [0.29, 0.717) is 17.1 Å². The van der Waals surface area contributed by atoms with Crippen molar-refractivity contribution in [3.8, 4) is 0 Å². The van der Waals surface area contributed by atoms with Crippen LogP contribution in [0.5, 0.6) is 0 Å². The summed E-state index contributed by atoms with van der Waals surface area (Å²) in [5.41, 5.74) is 5.65. The van der Waals surface area contributed by atoms with Crippen LogP contribution in [0.15, 0.2) is 34.1 Å². The first-order valence-corrected chi connectivity index (χ1v) is 10.5. The largest absolute Gasteiger partial charge is 0.479 e. The van der Waals surface area contributed by atoms with E-state index in [9.17, 15) is 24.3 Å². The molecule has 3 aliphatic rings. The van der Waals surface area contributed by atoms with E-state index in [1.165, 1.54) is 29.6 Å². The van der Waals surface area contributed by atoms with Crippen LogP contribution in [0.2, 0.25) is 0 Å². The van der Waals surface area contributed by atoms with Crippen LogP contribution in [0.25, 0.3) is 0 Å². The summed E-state index contributed by atoms with van der Waals surface area (Å²) in [6.07, 6.45) is 1.39. The molecule has 3 unspecified atom stereocenters. The third kappa shape index (κ3) is 4.14. The molecule has 1 fully saturated rings. The van der Waals surface area contributed by atoms with Gasteiger partial charge in [0.15, 0.2) is 10.9 Å². The molecule has 160 valence electrons. The zero-order chi connectivity index (χ0) is 22.0. The Balaban J connectivity index is 1.76. The lowest BCUT2D eigenvalue weighted by molar-refractivity contribution is -0.150. The number of oxime groups is 1. The minimum Gasteiger partial charge on any atom is -0.479 e. The Morgan fingerprint density at radius 3 is 2.73 bits per heavy atom. The highest BCUT2D eigenvalue weighted by atomic mass is 32.2. The molecule has 3 atom stereocenters. The van der Waals surface area contributed by atoms with Crippen LogP contribution < -0.4 is 11.1 Å². The average molecular weight is 455 g/mol. The fraction of sp³-hybridized carbons (Fsp3) is 0.375. The summed E-state index contributed by atoms with van der Waals surface area (Å²) in [5.74, 6) is -3.30. The summed E-state index contributed by atoms with van der Waals surface area (Å²) in [6, 6.07) is -1.75. The van der Waals surface area contributed by atoms with Gasteiger partial charge in [0.2, 0.25) is 6.61 Å². The minimum absolute atomic E-state index is 0.160. The zero-order valence-corrected chi connectivity index (χ0v) is 16.9. The molecule has 0 saturated carbocycles. The van der Waals surface area contributed by atoms with E-state index in [2.05, 4.69) is 26.9 Å². The number of fused-ring (bicyclic) bond motifs is 1. The van der Waals surface area contributed by atoms with Gasteiger partial charge in [0.05, 0.1) is 0 Å². The molecule has 5 N–H and O–H groups in total. The Kier molecular flexibility index (Phi) is 6.36. The number of β-lactam (4-membered cyclic amide) rings is 1. The van der Waals surface area contributed by atoms with Crippen LogP contribution in [0.3, 0.4) is 0 Å². The van der Waals surface area contributed by atoms with E-state index >= 15 is 0 Å². The number of aliphatic imine (C=N–C) groups is 1. The SMILES string of the molecule is C=CC1=C(C(=O)O)N2C(=O)C(NC(=O)/C(=N\OCC(=O)O)C3CSC(N)=N3)C2SC1. The van der Waals surface area contributed by atoms with Crippen molar-refractivity contribution in [2.24, 2.45) is 15.9 Å². The number of hydrogen-bond acceptors (Lipinski definition) is 10. The van der Waals surface area contributed by atoms with Gasteiger partial charge in [-0.25, -0.2) is 9.59 Å². The van der Waals surface area contributed by atoms with Crippen LogP contribution in [-0.4, -0.2) is 85.3 Å². The number of carbonyl (C=O) groups is 4. The van der Waals surface area contributed by atoms with Gasteiger partial charge < -0.3 is 26.1 Å². The van der Waals surface area contributed by atoms with Gasteiger partial charge in [-0.05, 0) is 5.57 Å². The molecule has 0 aromatic heterocycles. The summed E-state index contributed by atoms with van der Waals surface area (Å²) in [5, 5.41) is 23.9. The van der Waals surface area contributed by atoms with E-state index in [-0.39, 0.29) is 16.6 Å². The Hall–Kier alpha value is -3.00. The predicted octanol–water partition coefficient (Wildman–Crippen LogP) is -1.20. The number of carbonyl (C=O) groups excluding carboxylic acids is 2. The van der Waals surface area contributed by atoms with Crippen LogP contribution in [0.4, 0.5) is 0 Å². The smallest absolute Gasteiger partial charge is 0.352 e. The predicted molar refractivity (Wildman–Crippen MR) is 109 cm³/mol. The molecule has 0 bridgehead atoms. The molecular formula is C16H17N5O7S2. The fourth-order valence-electron chi connectivity index (χ4n) is 2.96. The number of amides is 2. The first-order valence-electron chi connectivity index (χ1n) is 8.46. The molecular weight excluding hydrogens is 438 g/mol. The van der Waals surface area contributed by atoms with Gasteiger partial charge in [0, 0.05) is 11.5 Å². The number of nitrogens with one attached hydrogen (secondary N) is 1. The van der Waals surface area contributed by atoms with Gasteiger partial charge in [0.25, 0.3) is 11.8 Å². The van der Waals surface area contributed by atoms with Crippen molar-refractivity contribution in [1.82, 2.24) is 10.2 Å². The maximum Gasteiger partial charge on any atom is 0.352 e. The Labute approximate surface area is 178 Å². The van der Waals surface area contributed by atoms with Crippen molar-refractivity contribution in [1.29, 1.82) is 0 Å². The number of rotatable bonds is 8. The van der Waals surface area contributed by atoms with E-state index in [1.807, 2.05) is 0 Å². The normalized spacial score (nSPS) is 25.8. The second-order valence-electron chi connectivity index (χ2n) is 6.18. The molecule has 0 spiro atoms. The van der Waals surface area contributed by atoms with E-state index in [4.69, 9.17) is 10.8 Å². The summed E-state index contributed by atoms with van der Waals surface area (Å²) in [4.78, 5) is 57.4. The first kappa shape index (κ1) is 21.7. The highest BCUT2D eigenvalue weighted by Gasteiger charge is 2.54. The van der Waals surface area contributed by atoms with E-state index in [0.717, 1.165) is 4.90 Å². The van der Waals surface area contributed by atoms with E-state index in [1.54, 1.807) is 0 Å². The molecule has 0 radical (unpaired) electrons. The molecule has 30 heavy (non-hydrogen) atoms. The molecule has 3 heterocycles. The fourth-order valence-corrected chi connectivity index (χ4v) is 5.06. The Bertz CT molecular complexity index is 916. The molecule has 0 aromatic rings. The van der Waals surface area contributed by atoms with Crippen molar-refractivity contribution in [3.05, 3.63) is 23.9 Å². The van der Waals surface area contributed by atoms with Crippen molar-refractivity contribution in [2.45, 2.75) is 17.5 Å². The number of carboxylic acids is 2. The molecule has 2 amide bonds. The molecule has 1 saturated heterocycles. The number of aliphatic carboxylic acids is 2. The highest BCUT2D eigenvalue weighted by Crippen LogP contribution is 2.40. The summed E-state index contributed by atoms with van der Waals surface area (Å²) in [7, 11) is 0. The van der Waals surface area contributed by atoms with Crippen LogP contribution >= 0.6 is 23.5 Å². The second kappa shape index (κ2) is 8.79. The van der Waals surface area contributed by atoms with Crippen molar-refractivity contribution >= 4 is 58.2 Å². The van der Waals surface area contributed by atoms with Crippen LogP contribution in [0, 0.1) is 0 Å². The monoisotopic (exact) mass is 455 g/mol. The van der Waals surface area contributed by atoms with E-state index < -0.39 is 47.8 Å². The second-order valence-corrected chi connectivity index (χ2v) is 8.33. The lowest BCUT2D eigenvalue weighted by Crippen LogP contribution is -2.71. The van der Waals surface area contributed by atoms with Gasteiger partial charge in [-0.15, -0.1) is 11.8 Å². The van der Waals surface area contributed by atoms with Crippen molar-refractivity contribution in [2.75, 3.05) is 18.1 Å². The topological polar surface area (TPSA) is 184 Å². The maximum atomic E-state index is 12.8. The number of hydrogen-bond donors (Lipinski definition) is 4. The van der Waals surface area contributed by atoms with Gasteiger partial charge in [-0.2, -0.15) is 0 Å². The number of nitrogens with zero attached hydrogens (tertiary/aromatic N) is 3. The number of carboxylic acid groups (broad SMARTS) is 2. The van der Waals surface area contributed by atoms with Gasteiger partial charge >= 0.3 is 11.9 Å². The number of allylic oxidation sites excluding steroid dienone is 1. The number of amidine groups is 1. The molecule has 0 aromatic carbocycles. The number of nitrogens with two attached hydrogens (primary N) is 1. The summed E-state index contributed by atoms with van der Waals surface area (Å²) >= 11 is 2.47. The lowest BCUT2D eigenvalue weighted by Gasteiger charge is -2.49. The van der Waals surface area contributed by atoms with Crippen molar-refractivity contribution < 1.29 is 34.2 Å². The lowest BCUT2D eigenvalue weighted by atomic mass is 10.0. The number of thioether (sulfide) groups is 2. The standard InChI is InChI=1S/C16H17N5O7S2/c1-2-6-4-29-14-10(13(25)21(14)11(6)15(26)27)19-12(24)9(20-28-3-8(22)23)7-5-30-16(17)18-7/h2,7,10,14H,1,3-5H2,(H2,17,18)(H,19,24)(H,22,23)(H,26,27)/b20-9-. The average Bonchev–Trinajstić information content (AvgIpc) is 3.13. The molecule has 3 rings (SSSR count). The third-order valence-corrected chi connectivity index (χ3v) is 6.49. The summed E-state index contributed by atoms with van der Waals surface area (Å²) in [6.45, 7) is 2.81. The van der Waals surface area contributed by atoms with Gasteiger partial charge in [-0.3, -0.25) is 19.5 Å². The van der Waals surface area contributed by atoms with Gasteiger partial charge in [0.1, 0.15) is 23.2 Å². The molecule has 12 nitrogen and oxygen atoms in total. The highest BCUT2D eigenvalue weighted by molar-refractivity contribution is 8.14. The molecule has 0 aliphatic carbocycles. The molecule has 3 aliphatic heterocycles. The maximum absolute atomic E-state index is 12.8. The first-order chi connectivity index (χ1) is 14.2. The quantitative estimate of drug-likeness (QED) is 0.197. The van der Waals surface area contributed by atoms with Gasteiger partial charge in [-0.1, -0.05) is 29.6 Å². The van der Waals surface area contributed by atoms with Crippen LogP contribution in [0.1, 0.15) is 0 Å². The Morgan fingerprint density at radius 1 is 1.43 bits per heavy atom. The van der Waals surface area contributed by atoms with Crippen molar-refractivity contribution in [3.63, 3.8) is 0 Å². The van der Waals surface area contributed by atoms with Crippen LogP contribution in [-0.2, 0) is 24.0 Å². The minimum atomic E-state index is -1.28. The Morgan fingerprint density at radius 2 is 2.17 bits per heavy atom. The zero-order valence-electron chi connectivity index (χ0n) is 15.3. The third-order valence-electron chi connectivity index (χ3n) is 4.30. The molecule has 14 heteroatoms.